The molecule has 1 aliphatic carbocycles. The van der Waals surface area contributed by atoms with Crippen molar-refractivity contribution in [3.63, 3.8) is 0 Å². The van der Waals surface area contributed by atoms with Crippen molar-refractivity contribution in [1.29, 1.82) is 10.8 Å². The van der Waals surface area contributed by atoms with Gasteiger partial charge in [0.15, 0.2) is 0 Å². The average molecular weight is 511 g/mol. The van der Waals surface area contributed by atoms with Gasteiger partial charge in [-0.25, -0.2) is 0 Å². The lowest BCUT2D eigenvalue weighted by Crippen LogP contribution is -2.34. The first-order valence-electron chi connectivity index (χ1n) is 13.8. The predicted molar refractivity (Wildman–Crippen MR) is 156 cm³/mol. The Morgan fingerprint density at radius 3 is 2.50 bits per heavy atom. The van der Waals surface area contributed by atoms with E-state index >= 15 is 0 Å². The van der Waals surface area contributed by atoms with Crippen LogP contribution in [-0.4, -0.2) is 42.6 Å². The molecule has 5 rings (SSSR count). The van der Waals surface area contributed by atoms with E-state index in [1.807, 2.05) is 51.1 Å². The van der Waals surface area contributed by atoms with Crippen LogP contribution in [0.25, 0.3) is 11.0 Å². The van der Waals surface area contributed by atoms with Crippen molar-refractivity contribution >= 4 is 22.4 Å². The van der Waals surface area contributed by atoms with Crippen LogP contribution in [0.1, 0.15) is 68.4 Å². The number of ether oxygens (including phenoxy) is 1. The fraction of sp³-hybridized carbons (Fsp3) is 0.424. The quantitative estimate of drug-likeness (QED) is 0.229. The Hall–Kier alpha value is -3.18. The zero-order valence-electron chi connectivity index (χ0n) is 23.4. The highest BCUT2D eigenvalue weighted by molar-refractivity contribution is 6.26. The standard InChI is InChI=1S/C33H40N3O2/c1-21-10-11-24(18-22(21)2)23-12-15-36(16-13-23)14-7-17-37-28-8-6-9-29-27(28)20-30(38-29)31(34)25-19-26(25)32(35)33(3,4)5/h6,8-11,18-20,23,34-35H,7,12-17H2,1-5H3. The maximum Gasteiger partial charge on any atom is 0.150 e. The van der Waals surface area contributed by atoms with E-state index in [4.69, 9.17) is 20.0 Å². The van der Waals surface area contributed by atoms with E-state index in [0.717, 1.165) is 54.3 Å². The normalized spacial score (nSPS) is 17.0. The number of hydrogen-bond donors (Lipinski definition) is 2. The Kier molecular flexibility index (Phi) is 7.32. The van der Waals surface area contributed by atoms with Gasteiger partial charge in [0.05, 0.1) is 23.6 Å². The zero-order chi connectivity index (χ0) is 27.0. The maximum absolute atomic E-state index is 8.62. The highest BCUT2D eigenvalue weighted by atomic mass is 16.5. The SMILES string of the molecule is Cc1ccc(C2CCN(CCCOc3cccc4oc(C(=N)[C]5C=C5C(=N)C(C)(C)C)cc34)CC2)cc1C. The Morgan fingerprint density at radius 1 is 1.03 bits per heavy atom. The second-order valence-electron chi connectivity index (χ2n) is 11.9. The van der Waals surface area contributed by atoms with Crippen LogP contribution in [0.4, 0.5) is 0 Å². The van der Waals surface area contributed by atoms with Gasteiger partial charge in [0, 0.05) is 17.7 Å². The molecule has 1 aliphatic heterocycles. The number of aryl methyl sites for hydroxylation is 2. The van der Waals surface area contributed by atoms with Crippen molar-refractivity contribution in [2.75, 3.05) is 26.2 Å². The minimum absolute atomic E-state index is 0.237. The molecule has 1 fully saturated rings. The summed E-state index contributed by atoms with van der Waals surface area (Å²) in [5.41, 5.74) is 6.51. The zero-order valence-corrected chi connectivity index (χ0v) is 23.4. The molecule has 2 heterocycles. The Bertz CT molecular complexity index is 1380. The summed E-state index contributed by atoms with van der Waals surface area (Å²) in [6.07, 6.45) is 5.32. The van der Waals surface area contributed by atoms with E-state index in [1.165, 1.54) is 29.5 Å². The number of nitrogens with one attached hydrogen (secondary N) is 2. The molecule has 0 spiro atoms. The van der Waals surface area contributed by atoms with Gasteiger partial charge in [0.1, 0.15) is 17.1 Å². The minimum Gasteiger partial charge on any atom is -0.493 e. The van der Waals surface area contributed by atoms with Crippen LogP contribution < -0.4 is 4.74 Å². The van der Waals surface area contributed by atoms with Crippen molar-refractivity contribution in [3.8, 4) is 5.75 Å². The van der Waals surface area contributed by atoms with Crippen molar-refractivity contribution in [3.05, 3.63) is 82.5 Å². The van der Waals surface area contributed by atoms with Crippen molar-refractivity contribution in [1.82, 2.24) is 4.90 Å². The number of benzene rings is 2. The molecule has 0 amide bonds. The van der Waals surface area contributed by atoms with Gasteiger partial charge in [0.25, 0.3) is 0 Å². The number of fused-ring (bicyclic) bond motifs is 1. The largest absolute Gasteiger partial charge is 0.493 e. The van der Waals surface area contributed by atoms with Crippen LogP contribution in [0.3, 0.4) is 0 Å². The van der Waals surface area contributed by atoms with Gasteiger partial charge in [-0.3, -0.25) is 0 Å². The van der Waals surface area contributed by atoms with Gasteiger partial charge in [-0.2, -0.15) is 0 Å². The third-order valence-electron chi connectivity index (χ3n) is 8.02. The summed E-state index contributed by atoms with van der Waals surface area (Å²) in [4.78, 5) is 2.56. The molecule has 0 unspecified atom stereocenters. The lowest BCUT2D eigenvalue weighted by molar-refractivity contribution is 0.193. The lowest BCUT2D eigenvalue weighted by Gasteiger charge is -2.32. The molecule has 199 valence electrons. The van der Waals surface area contributed by atoms with E-state index in [0.29, 0.717) is 29.7 Å². The average Bonchev–Trinajstić information content (AvgIpc) is 3.56. The van der Waals surface area contributed by atoms with Crippen LogP contribution in [0.5, 0.6) is 5.75 Å². The highest BCUT2D eigenvalue weighted by Crippen LogP contribution is 2.41. The van der Waals surface area contributed by atoms with Crippen LogP contribution in [0.2, 0.25) is 0 Å². The minimum atomic E-state index is -0.237. The molecule has 3 aromatic rings. The van der Waals surface area contributed by atoms with Gasteiger partial charge in [0.2, 0.25) is 0 Å². The first kappa shape index (κ1) is 26.4. The van der Waals surface area contributed by atoms with Crippen LogP contribution in [0.15, 0.2) is 58.5 Å². The maximum atomic E-state index is 8.62. The second-order valence-corrected chi connectivity index (χ2v) is 11.9. The van der Waals surface area contributed by atoms with Crippen molar-refractivity contribution in [2.45, 2.75) is 59.8 Å². The molecule has 1 radical (unpaired) electrons. The number of nitrogens with zero attached hydrogens (tertiary/aromatic N) is 1. The summed E-state index contributed by atoms with van der Waals surface area (Å²) in [6, 6.07) is 14.7. The van der Waals surface area contributed by atoms with E-state index < -0.39 is 0 Å². The molecule has 2 aliphatic rings. The van der Waals surface area contributed by atoms with Gasteiger partial charge < -0.3 is 24.9 Å². The predicted octanol–water partition coefficient (Wildman–Crippen LogP) is 7.65. The van der Waals surface area contributed by atoms with E-state index in [1.54, 1.807) is 0 Å². The number of furan rings is 1. The van der Waals surface area contributed by atoms with Gasteiger partial charge in [-0.05, 0) is 92.6 Å². The molecule has 0 atom stereocenters. The fourth-order valence-corrected chi connectivity index (χ4v) is 5.32. The summed E-state index contributed by atoms with van der Waals surface area (Å²) in [6.45, 7) is 14.4. The number of hydrogen-bond acceptors (Lipinski definition) is 5. The van der Waals surface area contributed by atoms with Gasteiger partial charge >= 0.3 is 0 Å². The summed E-state index contributed by atoms with van der Waals surface area (Å²) in [7, 11) is 0. The third kappa shape index (κ3) is 5.63. The fourth-order valence-electron chi connectivity index (χ4n) is 5.32. The second kappa shape index (κ2) is 10.5. The number of allylic oxidation sites excluding steroid dienone is 2. The molecule has 0 bridgehead atoms. The van der Waals surface area contributed by atoms with Gasteiger partial charge in [-0.15, -0.1) is 0 Å². The highest BCUT2D eigenvalue weighted by Gasteiger charge is 2.39. The first-order chi connectivity index (χ1) is 18.1. The molecule has 5 nitrogen and oxygen atoms in total. The van der Waals surface area contributed by atoms with Crippen LogP contribution in [-0.2, 0) is 0 Å². The lowest BCUT2D eigenvalue weighted by atomic mass is 9.87. The molecule has 1 saturated heterocycles. The Morgan fingerprint density at radius 2 is 1.79 bits per heavy atom. The number of likely N-dealkylation sites (tertiary alicyclic amines) is 1. The molecule has 38 heavy (non-hydrogen) atoms. The number of piperidine rings is 1. The smallest absolute Gasteiger partial charge is 0.150 e. The molecular weight excluding hydrogens is 470 g/mol. The van der Waals surface area contributed by atoms with Gasteiger partial charge in [-0.1, -0.05) is 51.1 Å². The van der Waals surface area contributed by atoms with E-state index in [2.05, 4.69) is 36.9 Å². The summed E-state index contributed by atoms with van der Waals surface area (Å²) in [5, 5.41) is 17.9. The van der Waals surface area contributed by atoms with Crippen molar-refractivity contribution in [2.24, 2.45) is 5.41 Å². The van der Waals surface area contributed by atoms with E-state index in [-0.39, 0.29) is 5.41 Å². The van der Waals surface area contributed by atoms with Crippen LogP contribution >= 0.6 is 0 Å². The Balaban J connectivity index is 1.11. The first-order valence-corrected chi connectivity index (χ1v) is 13.8. The molecule has 1 aromatic heterocycles. The topological polar surface area (TPSA) is 73.3 Å². The molecule has 0 saturated carbocycles. The third-order valence-corrected chi connectivity index (χ3v) is 8.02. The van der Waals surface area contributed by atoms with E-state index in [9.17, 15) is 0 Å². The number of rotatable bonds is 9. The monoisotopic (exact) mass is 510 g/mol. The van der Waals surface area contributed by atoms with Crippen LogP contribution in [0, 0.1) is 36.0 Å². The molecule has 2 N–H and O–H groups in total. The van der Waals surface area contributed by atoms with Crippen molar-refractivity contribution < 1.29 is 9.15 Å². The summed E-state index contributed by atoms with van der Waals surface area (Å²) in [5.74, 6) is 2.79. The summed E-state index contributed by atoms with van der Waals surface area (Å²) >= 11 is 0. The molecule has 2 aromatic carbocycles. The molecular formula is C33H40N3O2. The molecule has 5 heteroatoms. The summed E-state index contributed by atoms with van der Waals surface area (Å²) < 4.78 is 12.2. The Labute approximate surface area is 226 Å².